The second-order valence-corrected chi connectivity index (χ2v) is 4.09. The minimum absolute atomic E-state index is 0.296. The van der Waals surface area contributed by atoms with Gasteiger partial charge in [0.05, 0.1) is 13.2 Å². The topological polar surface area (TPSA) is 38.3 Å². The molecule has 2 fully saturated rings. The normalized spacial score (nSPS) is 38.7. The second-order valence-electron chi connectivity index (χ2n) is 4.09. The number of piperidine rings is 1. The minimum atomic E-state index is 0.296. The molecule has 0 amide bonds. The summed E-state index contributed by atoms with van der Waals surface area (Å²) in [5.74, 6) is 0.726. The van der Waals surface area contributed by atoms with E-state index in [0.29, 0.717) is 30.2 Å². The Morgan fingerprint density at radius 3 is 2.54 bits per heavy atom. The van der Waals surface area contributed by atoms with Gasteiger partial charge in [0.2, 0.25) is 0 Å². The first-order valence-electron chi connectivity index (χ1n) is 5.16. The van der Waals surface area contributed by atoms with Gasteiger partial charge in [0, 0.05) is 24.4 Å². The standard InChI is InChI=1S/C10H17NO2/c1-2-10(12)7-3-8-5-13-6-9(4-7)11-8/h7-9,11H,2-6H2,1H3. The number of ether oxygens (including phenoxy) is 1. The predicted molar refractivity (Wildman–Crippen MR) is 49.6 cm³/mol. The van der Waals surface area contributed by atoms with Crippen molar-refractivity contribution < 1.29 is 9.53 Å². The molecule has 2 rings (SSSR count). The molecular weight excluding hydrogens is 166 g/mol. The summed E-state index contributed by atoms with van der Waals surface area (Å²) in [7, 11) is 0. The number of fused-ring (bicyclic) bond motifs is 2. The molecule has 0 spiro atoms. The van der Waals surface area contributed by atoms with E-state index < -0.39 is 0 Å². The maximum absolute atomic E-state index is 11.5. The highest BCUT2D eigenvalue weighted by molar-refractivity contribution is 5.80. The fraction of sp³-hybridized carbons (Fsp3) is 0.900. The molecule has 2 unspecified atom stereocenters. The molecule has 2 bridgehead atoms. The Hall–Kier alpha value is -0.410. The molecule has 2 atom stereocenters. The van der Waals surface area contributed by atoms with Crippen molar-refractivity contribution in [3.63, 3.8) is 0 Å². The summed E-state index contributed by atoms with van der Waals surface area (Å²) >= 11 is 0. The lowest BCUT2D eigenvalue weighted by Crippen LogP contribution is -2.55. The maximum atomic E-state index is 11.5. The molecule has 0 radical (unpaired) electrons. The van der Waals surface area contributed by atoms with Gasteiger partial charge in [-0.3, -0.25) is 4.79 Å². The van der Waals surface area contributed by atoms with Crippen molar-refractivity contribution in [2.45, 2.75) is 38.3 Å². The Morgan fingerprint density at radius 1 is 1.38 bits per heavy atom. The summed E-state index contributed by atoms with van der Waals surface area (Å²) in [5.41, 5.74) is 0. The smallest absolute Gasteiger partial charge is 0.135 e. The first-order valence-corrected chi connectivity index (χ1v) is 5.16. The van der Waals surface area contributed by atoms with Crippen LogP contribution in [0.2, 0.25) is 0 Å². The van der Waals surface area contributed by atoms with Gasteiger partial charge in [-0.05, 0) is 12.8 Å². The molecule has 13 heavy (non-hydrogen) atoms. The monoisotopic (exact) mass is 183 g/mol. The van der Waals surface area contributed by atoms with Crippen LogP contribution in [0.3, 0.4) is 0 Å². The molecule has 0 aliphatic carbocycles. The van der Waals surface area contributed by atoms with Gasteiger partial charge in [-0.1, -0.05) is 6.92 Å². The lowest BCUT2D eigenvalue weighted by atomic mass is 9.83. The van der Waals surface area contributed by atoms with Crippen LogP contribution in [0.25, 0.3) is 0 Å². The highest BCUT2D eigenvalue weighted by Gasteiger charge is 2.34. The largest absolute Gasteiger partial charge is 0.378 e. The van der Waals surface area contributed by atoms with E-state index in [1.54, 1.807) is 0 Å². The summed E-state index contributed by atoms with van der Waals surface area (Å²) in [6.45, 7) is 3.52. The molecule has 2 aliphatic heterocycles. The Morgan fingerprint density at radius 2 is 2.00 bits per heavy atom. The van der Waals surface area contributed by atoms with Gasteiger partial charge in [0.25, 0.3) is 0 Å². The zero-order valence-electron chi connectivity index (χ0n) is 8.08. The molecule has 3 nitrogen and oxygen atoms in total. The lowest BCUT2D eigenvalue weighted by molar-refractivity contribution is -0.125. The van der Waals surface area contributed by atoms with Crippen LogP contribution in [0, 0.1) is 5.92 Å². The van der Waals surface area contributed by atoms with Crippen molar-refractivity contribution in [2.24, 2.45) is 5.92 Å². The fourth-order valence-corrected chi connectivity index (χ4v) is 2.39. The summed E-state index contributed by atoms with van der Waals surface area (Å²) in [4.78, 5) is 11.5. The molecular formula is C10H17NO2. The maximum Gasteiger partial charge on any atom is 0.135 e. The first-order chi connectivity index (χ1) is 6.29. The van der Waals surface area contributed by atoms with E-state index in [2.05, 4.69) is 5.32 Å². The highest BCUT2D eigenvalue weighted by Crippen LogP contribution is 2.25. The third-order valence-corrected chi connectivity index (χ3v) is 3.05. The van der Waals surface area contributed by atoms with E-state index in [9.17, 15) is 4.79 Å². The molecule has 2 saturated heterocycles. The number of Topliss-reactive ketones (excluding diaryl/α,β-unsaturated/α-hetero) is 1. The van der Waals surface area contributed by atoms with E-state index in [4.69, 9.17) is 4.74 Å². The van der Waals surface area contributed by atoms with Gasteiger partial charge in [0.1, 0.15) is 5.78 Å². The predicted octanol–water partition coefficient (Wildman–Crippen LogP) is 0.732. The third kappa shape index (κ3) is 1.92. The first kappa shape index (κ1) is 9.16. The summed E-state index contributed by atoms with van der Waals surface area (Å²) < 4.78 is 5.42. The third-order valence-electron chi connectivity index (χ3n) is 3.05. The number of hydrogen-bond acceptors (Lipinski definition) is 3. The molecule has 2 aliphatic rings. The van der Waals surface area contributed by atoms with Crippen molar-refractivity contribution in [3.05, 3.63) is 0 Å². The zero-order chi connectivity index (χ0) is 9.26. The Labute approximate surface area is 78.8 Å². The minimum Gasteiger partial charge on any atom is -0.378 e. The average Bonchev–Trinajstić information content (AvgIpc) is 2.16. The summed E-state index contributed by atoms with van der Waals surface area (Å²) in [6.07, 6.45) is 2.64. The average molecular weight is 183 g/mol. The van der Waals surface area contributed by atoms with Crippen molar-refractivity contribution >= 4 is 5.78 Å². The molecule has 74 valence electrons. The van der Waals surface area contributed by atoms with Crippen molar-refractivity contribution in [1.82, 2.24) is 5.32 Å². The zero-order valence-corrected chi connectivity index (χ0v) is 8.08. The van der Waals surface area contributed by atoms with Crippen LogP contribution in [-0.2, 0) is 9.53 Å². The quantitative estimate of drug-likeness (QED) is 0.686. The van der Waals surface area contributed by atoms with Crippen molar-refractivity contribution in [1.29, 1.82) is 0 Å². The number of hydrogen-bond donors (Lipinski definition) is 1. The van der Waals surface area contributed by atoms with E-state index in [-0.39, 0.29) is 0 Å². The SMILES string of the molecule is CCC(=O)C1CC2COCC(C1)N2. The molecule has 0 aromatic rings. The molecule has 2 heterocycles. The van der Waals surface area contributed by atoms with E-state index in [0.717, 1.165) is 26.1 Å². The fourth-order valence-electron chi connectivity index (χ4n) is 2.39. The van der Waals surface area contributed by atoms with Crippen LogP contribution in [-0.4, -0.2) is 31.1 Å². The van der Waals surface area contributed by atoms with E-state index in [1.165, 1.54) is 0 Å². The van der Waals surface area contributed by atoms with Crippen LogP contribution in [0.15, 0.2) is 0 Å². The molecule has 3 heteroatoms. The second kappa shape index (κ2) is 3.76. The molecule has 1 N–H and O–H groups in total. The van der Waals surface area contributed by atoms with Crippen LogP contribution in [0.5, 0.6) is 0 Å². The number of carbonyl (C=O) groups excluding carboxylic acids is 1. The molecule has 0 saturated carbocycles. The molecule has 0 aromatic heterocycles. The van der Waals surface area contributed by atoms with Crippen LogP contribution < -0.4 is 5.32 Å². The van der Waals surface area contributed by atoms with Gasteiger partial charge in [0.15, 0.2) is 0 Å². The lowest BCUT2D eigenvalue weighted by Gasteiger charge is -2.39. The Kier molecular flexibility index (Phi) is 2.65. The number of ketones is 1. The van der Waals surface area contributed by atoms with Crippen LogP contribution in [0.1, 0.15) is 26.2 Å². The Balaban J connectivity index is 1.97. The summed E-state index contributed by atoms with van der Waals surface area (Å²) in [5, 5.41) is 3.48. The number of rotatable bonds is 2. The summed E-state index contributed by atoms with van der Waals surface area (Å²) in [6, 6.07) is 0.848. The number of nitrogens with one attached hydrogen (secondary N) is 1. The van der Waals surface area contributed by atoms with Gasteiger partial charge < -0.3 is 10.1 Å². The number of morpholine rings is 1. The van der Waals surface area contributed by atoms with Crippen LogP contribution in [0.4, 0.5) is 0 Å². The van der Waals surface area contributed by atoms with Gasteiger partial charge in [-0.15, -0.1) is 0 Å². The highest BCUT2D eigenvalue weighted by atomic mass is 16.5. The number of carbonyl (C=O) groups is 1. The molecule has 0 aromatic carbocycles. The van der Waals surface area contributed by atoms with Gasteiger partial charge >= 0.3 is 0 Å². The van der Waals surface area contributed by atoms with Gasteiger partial charge in [-0.2, -0.15) is 0 Å². The van der Waals surface area contributed by atoms with E-state index in [1.807, 2.05) is 6.92 Å². The van der Waals surface area contributed by atoms with Crippen LogP contribution >= 0.6 is 0 Å². The van der Waals surface area contributed by atoms with Crippen molar-refractivity contribution in [3.8, 4) is 0 Å². The van der Waals surface area contributed by atoms with Crippen molar-refractivity contribution in [2.75, 3.05) is 13.2 Å². The van der Waals surface area contributed by atoms with Gasteiger partial charge in [-0.25, -0.2) is 0 Å². The Bertz CT molecular complexity index is 193. The van der Waals surface area contributed by atoms with E-state index >= 15 is 0 Å².